The second-order valence-electron chi connectivity index (χ2n) is 7.67. The second-order valence-corrected chi connectivity index (χ2v) is 9.09. The highest BCUT2D eigenvalue weighted by molar-refractivity contribution is 8.00. The number of nitrogens with zero attached hydrogens (tertiary/aromatic N) is 2. The summed E-state index contributed by atoms with van der Waals surface area (Å²) in [6.45, 7) is 0. The number of aromatic amines is 1. The fraction of sp³-hybridized carbons (Fsp3) is 0.0833. The normalized spacial score (nSPS) is 13.0. The monoisotopic (exact) mass is 491 g/mol. The molecule has 0 spiro atoms. The van der Waals surface area contributed by atoms with Crippen molar-refractivity contribution < 1.29 is 14.4 Å². The van der Waals surface area contributed by atoms with Gasteiger partial charge in [-0.15, -0.1) is 11.8 Å². The maximum Gasteiger partial charge on any atom is 0.257 e. The van der Waals surface area contributed by atoms with E-state index in [9.17, 15) is 14.4 Å². The van der Waals surface area contributed by atoms with Crippen LogP contribution in [-0.2, 0) is 4.79 Å². The van der Waals surface area contributed by atoms with Gasteiger partial charge in [0.2, 0.25) is 5.91 Å². The third-order valence-electron chi connectivity index (χ3n) is 5.44. The Morgan fingerprint density at radius 3 is 2.74 bits per heavy atom. The van der Waals surface area contributed by atoms with E-state index in [2.05, 4.69) is 20.6 Å². The largest absolute Gasteiger partial charge is 0.346 e. The van der Waals surface area contributed by atoms with Gasteiger partial charge in [-0.3, -0.25) is 14.4 Å². The Morgan fingerprint density at radius 2 is 1.88 bits per heavy atom. The van der Waals surface area contributed by atoms with Crippen LogP contribution in [0, 0.1) is 0 Å². The molecule has 0 saturated carbocycles. The van der Waals surface area contributed by atoms with Gasteiger partial charge in [0.1, 0.15) is 5.65 Å². The van der Waals surface area contributed by atoms with Gasteiger partial charge < -0.3 is 20.5 Å². The second kappa shape index (κ2) is 8.85. The van der Waals surface area contributed by atoms with E-state index in [1.165, 1.54) is 23.9 Å². The molecule has 1 aliphatic rings. The molecule has 10 heteroatoms. The number of benzene rings is 2. The van der Waals surface area contributed by atoms with Crippen molar-refractivity contribution in [3.05, 3.63) is 77.1 Å². The predicted octanol–water partition coefficient (Wildman–Crippen LogP) is 4.79. The van der Waals surface area contributed by atoms with Gasteiger partial charge >= 0.3 is 0 Å². The van der Waals surface area contributed by atoms with E-state index in [0.29, 0.717) is 22.8 Å². The van der Waals surface area contributed by atoms with Gasteiger partial charge in [-0.1, -0.05) is 11.6 Å². The third-order valence-corrected chi connectivity index (χ3v) is 6.79. The number of amides is 3. The highest BCUT2D eigenvalue weighted by Crippen LogP contribution is 2.36. The van der Waals surface area contributed by atoms with Crippen LogP contribution in [0.25, 0.3) is 11.0 Å². The first-order valence-corrected chi connectivity index (χ1v) is 11.6. The topological polar surface area (TPSA) is 107 Å². The molecule has 0 atom stereocenters. The lowest BCUT2D eigenvalue weighted by Crippen LogP contribution is -2.31. The molecule has 0 fully saturated rings. The van der Waals surface area contributed by atoms with Crippen molar-refractivity contribution in [2.24, 2.45) is 0 Å². The van der Waals surface area contributed by atoms with Gasteiger partial charge in [0.15, 0.2) is 0 Å². The van der Waals surface area contributed by atoms with Crippen molar-refractivity contribution in [2.75, 3.05) is 28.3 Å². The molecule has 0 aliphatic carbocycles. The molecule has 5 rings (SSSR count). The minimum absolute atomic E-state index is 0.0325. The third kappa shape index (κ3) is 4.23. The Balaban J connectivity index is 1.34. The smallest absolute Gasteiger partial charge is 0.257 e. The average Bonchev–Trinajstić information content (AvgIpc) is 3.29. The molecule has 2 aromatic carbocycles. The standard InChI is InChI=1S/C24H18ClN5O3S/c1-30-19-5-3-15(10-20(19)34-12-21(30)31)28-23(32)14-2-4-18(25)17(9-14)24(33)29-16-8-13-6-7-26-22(13)27-11-16/h2-11H,12H2,1H3,(H,26,27)(H,28,32)(H,29,33). The number of hydrogen-bond acceptors (Lipinski definition) is 5. The van der Waals surface area contributed by atoms with Gasteiger partial charge in [0.05, 0.1) is 33.9 Å². The molecule has 3 N–H and O–H groups in total. The molecule has 0 radical (unpaired) electrons. The zero-order valence-electron chi connectivity index (χ0n) is 17.9. The number of anilines is 3. The first-order valence-electron chi connectivity index (χ1n) is 10.3. The fourth-order valence-corrected chi connectivity index (χ4v) is 4.84. The number of rotatable bonds is 4. The summed E-state index contributed by atoms with van der Waals surface area (Å²) in [7, 11) is 1.73. The highest BCUT2D eigenvalue weighted by Gasteiger charge is 2.22. The number of nitrogens with one attached hydrogen (secondary N) is 3. The van der Waals surface area contributed by atoms with Crippen LogP contribution in [0.1, 0.15) is 20.7 Å². The molecule has 0 saturated heterocycles. The van der Waals surface area contributed by atoms with E-state index in [1.807, 2.05) is 12.1 Å². The molecule has 1 aliphatic heterocycles. The molecule has 8 nitrogen and oxygen atoms in total. The van der Waals surface area contributed by atoms with E-state index in [1.54, 1.807) is 48.6 Å². The Labute approximate surface area is 203 Å². The highest BCUT2D eigenvalue weighted by atomic mass is 35.5. The Hall–Kier alpha value is -3.82. The van der Waals surface area contributed by atoms with Gasteiger partial charge in [-0.2, -0.15) is 0 Å². The molecule has 34 heavy (non-hydrogen) atoms. The van der Waals surface area contributed by atoms with Gasteiger partial charge in [-0.25, -0.2) is 4.98 Å². The van der Waals surface area contributed by atoms with Gasteiger partial charge in [0, 0.05) is 34.8 Å². The molecule has 2 aromatic heterocycles. The molecule has 3 heterocycles. The molecule has 4 aromatic rings. The maximum atomic E-state index is 12.9. The first kappa shape index (κ1) is 22.0. The van der Waals surface area contributed by atoms with E-state index in [0.717, 1.165) is 16.0 Å². The number of carbonyl (C=O) groups excluding carboxylic acids is 3. The zero-order valence-corrected chi connectivity index (χ0v) is 19.5. The predicted molar refractivity (Wildman–Crippen MR) is 134 cm³/mol. The molecular formula is C24H18ClN5O3S. The van der Waals surface area contributed by atoms with E-state index < -0.39 is 5.91 Å². The lowest BCUT2D eigenvalue weighted by molar-refractivity contribution is -0.116. The first-order chi connectivity index (χ1) is 16.4. The quantitative estimate of drug-likeness (QED) is 0.380. The summed E-state index contributed by atoms with van der Waals surface area (Å²) in [5.74, 6) is -0.450. The number of carbonyl (C=O) groups is 3. The van der Waals surface area contributed by atoms with E-state index in [4.69, 9.17) is 11.6 Å². The van der Waals surface area contributed by atoms with Crippen LogP contribution < -0.4 is 15.5 Å². The van der Waals surface area contributed by atoms with E-state index >= 15 is 0 Å². The summed E-state index contributed by atoms with van der Waals surface area (Å²) in [5, 5.41) is 6.70. The average molecular weight is 492 g/mol. The molecule has 170 valence electrons. The SMILES string of the molecule is CN1C(=O)CSc2cc(NC(=O)c3ccc(Cl)c(C(=O)Nc4cnc5[nH]ccc5c4)c3)ccc21. The molecule has 0 unspecified atom stereocenters. The van der Waals surface area contributed by atoms with Crippen molar-refractivity contribution in [3.8, 4) is 0 Å². The molecule has 0 bridgehead atoms. The zero-order chi connectivity index (χ0) is 23.8. The lowest BCUT2D eigenvalue weighted by Gasteiger charge is -2.25. The Bertz CT molecular complexity index is 1470. The summed E-state index contributed by atoms with van der Waals surface area (Å²) in [6, 6.07) is 13.5. The van der Waals surface area contributed by atoms with E-state index in [-0.39, 0.29) is 28.0 Å². The molecular weight excluding hydrogens is 474 g/mol. The van der Waals surface area contributed by atoms with Gasteiger partial charge in [0.25, 0.3) is 11.8 Å². The summed E-state index contributed by atoms with van der Waals surface area (Å²) in [5.41, 5.74) is 3.07. The van der Waals surface area contributed by atoms with Crippen molar-refractivity contribution in [1.29, 1.82) is 0 Å². The van der Waals surface area contributed by atoms with Crippen LogP contribution in [0.2, 0.25) is 5.02 Å². The number of thioether (sulfide) groups is 1. The van der Waals surface area contributed by atoms with Crippen LogP contribution in [0.15, 0.2) is 65.8 Å². The van der Waals surface area contributed by atoms with Gasteiger partial charge in [-0.05, 0) is 48.5 Å². The summed E-state index contributed by atoms with van der Waals surface area (Å²) >= 11 is 7.68. The number of H-pyrrole nitrogens is 1. The number of aromatic nitrogens is 2. The number of pyridine rings is 1. The van der Waals surface area contributed by atoms with Crippen molar-refractivity contribution in [1.82, 2.24) is 9.97 Å². The minimum Gasteiger partial charge on any atom is -0.346 e. The van der Waals surface area contributed by atoms with Crippen LogP contribution in [0.4, 0.5) is 17.1 Å². The van der Waals surface area contributed by atoms with Crippen molar-refractivity contribution >= 4 is 69.2 Å². The van der Waals surface area contributed by atoms with Crippen LogP contribution in [-0.4, -0.2) is 40.5 Å². The Kier molecular flexibility index (Phi) is 5.72. The van der Waals surface area contributed by atoms with Crippen LogP contribution in [0.5, 0.6) is 0 Å². The Morgan fingerprint density at radius 1 is 1.06 bits per heavy atom. The fourth-order valence-electron chi connectivity index (χ4n) is 3.61. The van der Waals surface area contributed by atoms with Crippen molar-refractivity contribution in [3.63, 3.8) is 0 Å². The number of halogens is 1. The number of hydrogen-bond donors (Lipinski definition) is 3. The van der Waals surface area contributed by atoms with Crippen LogP contribution >= 0.6 is 23.4 Å². The van der Waals surface area contributed by atoms with Crippen molar-refractivity contribution in [2.45, 2.75) is 4.90 Å². The van der Waals surface area contributed by atoms with Crippen LogP contribution in [0.3, 0.4) is 0 Å². The lowest BCUT2D eigenvalue weighted by atomic mass is 10.1. The maximum absolute atomic E-state index is 12.9. The summed E-state index contributed by atoms with van der Waals surface area (Å²) in [6.07, 6.45) is 3.31. The summed E-state index contributed by atoms with van der Waals surface area (Å²) in [4.78, 5) is 47.4. The minimum atomic E-state index is -0.450. The molecule has 3 amide bonds. The summed E-state index contributed by atoms with van der Waals surface area (Å²) < 4.78 is 0. The number of fused-ring (bicyclic) bond motifs is 2.